The molecule has 1 aliphatic rings. The van der Waals surface area contributed by atoms with E-state index in [1.165, 1.54) is 19.2 Å². The van der Waals surface area contributed by atoms with Crippen LogP contribution in [0.25, 0.3) is 0 Å². The number of hydrogen-bond acceptors (Lipinski definition) is 4. The Morgan fingerprint density at radius 3 is 2.65 bits per heavy atom. The summed E-state index contributed by atoms with van der Waals surface area (Å²) in [5.74, 6) is 0.597. The van der Waals surface area contributed by atoms with Gasteiger partial charge in [-0.05, 0) is 12.8 Å². The molecule has 0 spiro atoms. The molecule has 4 nitrogen and oxygen atoms in total. The molecule has 0 saturated heterocycles. The molecule has 0 unspecified atom stereocenters. The van der Waals surface area contributed by atoms with Gasteiger partial charge in [0.2, 0.25) is 0 Å². The third kappa shape index (κ3) is 3.54. The summed E-state index contributed by atoms with van der Waals surface area (Å²) in [4.78, 5) is 7.88. The van der Waals surface area contributed by atoms with Gasteiger partial charge in [-0.3, -0.25) is 0 Å². The lowest BCUT2D eigenvalue weighted by Gasteiger charge is -2.27. The zero-order valence-corrected chi connectivity index (χ0v) is 10.6. The first-order chi connectivity index (χ1) is 8.20. The predicted molar refractivity (Wildman–Crippen MR) is 68.2 cm³/mol. The smallest absolute Gasteiger partial charge is 0.148 e. The molecule has 0 aliphatic heterocycles. The Balaban J connectivity index is 1.94. The predicted octanol–water partition coefficient (Wildman–Crippen LogP) is 2.63. The molecule has 94 valence electrons. The first-order valence-electron chi connectivity index (χ1n) is 6.11. The molecule has 0 amide bonds. The molecule has 17 heavy (non-hydrogen) atoms. The van der Waals surface area contributed by atoms with Crippen molar-refractivity contribution >= 4 is 17.4 Å². The molecule has 1 heterocycles. The zero-order valence-electron chi connectivity index (χ0n) is 9.82. The van der Waals surface area contributed by atoms with E-state index in [1.807, 2.05) is 0 Å². The van der Waals surface area contributed by atoms with Gasteiger partial charge in [0.15, 0.2) is 0 Å². The molecule has 2 N–H and O–H groups in total. The van der Waals surface area contributed by atoms with Crippen LogP contribution in [0.15, 0.2) is 12.5 Å². The highest BCUT2D eigenvalue weighted by atomic mass is 35.5. The standard InChI is InChI=1S/C12H18ClN3O/c13-10-7-14-9-16-11(10)15-8-12(17)5-3-1-2-4-6-12/h7,9,17H,1-6,8H2,(H,14,15,16). The second kappa shape index (κ2) is 5.65. The molecule has 0 aromatic carbocycles. The van der Waals surface area contributed by atoms with Gasteiger partial charge >= 0.3 is 0 Å². The summed E-state index contributed by atoms with van der Waals surface area (Å²) in [5.41, 5.74) is -0.620. The second-order valence-corrected chi connectivity index (χ2v) is 5.12. The van der Waals surface area contributed by atoms with Crippen molar-refractivity contribution < 1.29 is 5.11 Å². The highest BCUT2D eigenvalue weighted by Gasteiger charge is 2.27. The molecule has 0 radical (unpaired) electrons. The van der Waals surface area contributed by atoms with E-state index in [9.17, 15) is 5.11 Å². The van der Waals surface area contributed by atoms with Crippen LogP contribution in [0, 0.1) is 0 Å². The van der Waals surface area contributed by atoms with E-state index in [0.717, 1.165) is 25.7 Å². The number of rotatable bonds is 3. The van der Waals surface area contributed by atoms with Gasteiger partial charge in [-0.1, -0.05) is 37.3 Å². The lowest BCUT2D eigenvalue weighted by molar-refractivity contribution is 0.0380. The molecular formula is C12H18ClN3O. The van der Waals surface area contributed by atoms with E-state index in [1.54, 1.807) is 6.20 Å². The average Bonchev–Trinajstić information content (AvgIpc) is 2.54. The number of aromatic nitrogens is 2. The molecule has 5 heteroatoms. The van der Waals surface area contributed by atoms with E-state index >= 15 is 0 Å². The number of halogens is 1. The van der Waals surface area contributed by atoms with Crippen molar-refractivity contribution in [3.05, 3.63) is 17.5 Å². The molecule has 0 atom stereocenters. The minimum Gasteiger partial charge on any atom is -0.388 e. The first-order valence-corrected chi connectivity index (χ1v) is 6.49. The van der Waals surface area contributed by atoms with Crippen molar-refractivity contribution in [2.45, 2.75) is 44.1 Å². The second-order valence-electron chi connectivity index (χ2n) is 4.71. The third-order valence-corrected chi connectivity index (χ3v) is 3.56. The fourth-order valence-corrected chi connectivity index (χ4v) is 2.43. The summed E-state index contributed by atoms with van der Waals surface area (Å²) in [6.45, 7) is 0.504. The van der Waals surface area contributed by atoms with E-state index < -0.39 is 5.60 Å². The zero-order chi connectivity index (χ0) is 12.1. The Morgan fingerprint density at radius 2 is 2.00 bits per heavy atom. The van der Waals surface area contributed by atoms with Gasteiger partial charge in [-0.15, -0.1) is 0 Å². The number of anilines is 1. The Labute approximate surface area is 106 Å². The lowest BCUT2D eigenvalue weighted by Crippen LogP contribution is -2.36. The van der Waals surface area contributed by atoms with Crippen molar-refractivity contribution in [2.75, 3.05) is 11.9 Å². The van der Waals surface area contributed by atoms with Crippen LogP contribution in [0.1, 0.15) is 38.5 Å². The topological polar surface area (TPSA) is 58.0 Å². The van der Waals surface area contributed by atoms with Gasteiger partial charge in [-0.2, -0.15) is 0 Å². The van der Waals surface area contributed by atoms with Crippen LogP contribution in [0.2, 0.25) is 5.02 Å². The largest absolute Gasteiger partial charge is 0.388 e. The van der Waals surface area contributed by atoms with Crippen LogP contribution >= 0.6 is 11.6 Å². The molecule has 0 bridgehead atoms. The van der Waals surface area contributed by atoms with Crippen molar-refractivity contribution in [1.82, 2.24) is 9.97 Å². The Bertz CT molecular complexity index is 365. The summed E-state index contributed by atoms with van der Waals surface area (Å²) < 4.78 is 0. The average molecular weight is 256 g/mol. The van der Waals surface area contributed by atoms with Crippen molar-refractivity contribution in [2.24, 2.45) is 0 Å². The normalized spacial score (nSPS) is 19.6. The maximum absolute atomic E-state index is 10.5. The number of hydrogen-bond donors (Lipinski definition) is 2. The van der Waals surface area contributed by atoms with Crippen molar-refractivity contribution in [1.29, 1.82) is 0 Å². The maximum atomic E-state index is 10.5. The van der Waals surface area contributed by atoms with E-state index in [4.69, 9.17) is 11.6 Å². The van der Waals surface area contributed by atoms with E-state index in [2.05, 4.69) is 15.3 Å². The number of nitrogens with one attached hydrogen (secondary N) is 1. The number of nitrogens with zero attached hydrogens (tertiary/aromatic N) is 2. The van der Waals surface area contributed by atoms with Gasteiger partial charge in [-0.25, -0.2) is 9.97 Å². The van der Waals surface area contributed by atoms with Crippen molar-refractivity contribution in [3.8, 4) is 0 Å². The highest BCUT2D eigenvalue weighted by Crippen LogP contribution is 2.27. The minimum absolute atomic E-state index is 0.490. The fraction of sp³-hybridized carbons (Fsp3) is 0.667. The molecular weight excluding hydrogens is 238 g/mol. The molecule has 1 fully saturated rings. The van der Waals surface area contributed by atoms with Crippen LogP contribution in [-0.4, -0.2) is 27.2 Å². The lowest BCUT2D eigenvalue weighted by atomic mass is 9.94. The molecule has 2 rings (SSSR count). The van der Waals surface area contributed by atoms with Crippen LogP contribution in [0.4, 0.5) is 5.82 Å². The van der Waals surface area contributed by atoms with Gasteiger partial charge in [0.05, 0.1) is 11.8 Å². The van der Waals surface area contributed by atoms with Gasteiger partial charge in [0.25, 0.3) is 0 Å². The summed E-state index contributed by atoms with van der Waals surface area (Å²) in [6, 6.07) is 0. The molecule has 1 saturated carbocycles. The van der Waals surface area contributed by atoms with Gasteiger partial charge < -0.3 is 10.4 Å². The molecule has 1 aromatic heterocycles. The van der Waals surface area contributed by atoms with Crippen LogP contribution in [0.3, 0.4) is 0 Å². The van der Waals surface area contributed by atoms with Crippen molar-refractivity contribution in [3.63, 3.8) is 0 Å². The maximum Gasteiger partial charge on any atom is 0.148 e. The van der Waals surface area contributed by atoms with E-state index in [-0.39, 0.29) is 0 Å². The molecule has 1 aliphatic carbocycles. The quantitative estimate of drug-likeness (QED) is 0.816. The van der Waals surface area contributed by atoms with E-state index in [0.29, 0.717) is 17.4 Å². The molecule has 1 aromatic rings. The van der Waals surface area contributed by atoms with Crippen LogP contribution in [-0.2, 0) is 0 Å². The highest BCUT2D eigenvalue weighted by molar-refractivity contribution is 6.32. The van der Waals surface area contributed by atoms with Gasteiger partial charge in [0.1, 0.15) is 17.2 Å². The SMILES string of the molecule is OC1(CNc2ncncc2Cl)CCCCCC1. The monoisotopic (exact) mass is 255 g/mol. The summed E-state index contributed by atoms with van der Waals surface area (Å²) in [5, 5.41) is 14.1. The van der Waals surface area contributed by atoms with Crippen LogP contribution < -0.4 is 5.32 Å². The first kappa shape index (κ1) is 12.6. The Morgan fingerprint density at radius 1 is 1.29 bits per heavy atom. The third-order valence-electron chi connectivity index (χ3n) is 3.29. The fourth-order valence-electron chi connectivity index (χ4n) is 2.25. The van der Waals surface area contributed by atoms with Gasteiger partial charge in [0, 0.05) is 6.54 Å². The summed E-state index contributed by atoms with van der Waals surface area (Å²) in [7, 11) is 0. The summed E-state index contributed by atoms with van der Waals surface area (Å²) in [6.07, 6.45) is 9.32. The minimum atomic E-state index is -0.620. The summed E-state index contributed by atoms with van der Waals surface area (Å²) >= 11 is 5.95. The Hall–Kier alpha value is -0.870. The van der Waals surface area contributed by atoms with Crippen LogP contribution in [0.5, 0.6) is 0 Å². The Kier molecular flexibility index (Phi) is 4.18. The number of aliphatic hydroxyl groups is 1.